The summed E-state index contributed by atoms with van der Waals surface area (Å²) < 4.78 is 5.77. The summed E-state index contributed by atoms with van der Waals surface area (Å²) in [5.74, 6) is 0.740. The number of ether oxygens (including phenoxy) is 1. The highest BCUT2D eigenvalue weighted by molar-refractivity contribution is 4.89. The average molecular weight is 211 g/mol. The molecular weight excluding hydrogens is 186 g/mol. The Balaban J connectivity index is 2.29. The van der Waals surface area contributed by atoms with E-state index >= 15 is 0 Å². The molecule has 0 aromatic rings. The van der Waals surface area contributed by atoms with Crippen molar-refractivity contribution in [3.63, 3.8) is 0 Å². The highest BCUT2D eigenvalue weighted by atomic mass is 16.5. The monoisotopic (exact) mass is 211 g/mol. The predicted molar refractivity (Wildman–Crippen MR) is 64.5 cm³/mol. The molecule has 0 bridgehead atoms. The van der Waals surface area contributed by atoms with E-state index in [1.807, 2.05) is 0 Å². The smallest absolute Gasteiger partial charge is 0.179 e. The van der Waals surface area contributed by atoms with E-state index in [0.717, 1.165) is 5.88 Å². The van der Waals surface area contributed by atoms with Crippen molar-refractivity contribution in [2.24, 2.45) is 5.41 Å². The van der Waals surface area contributed by atoms with Gasteiger partial charge in [0.15, 0.2) is 5.88 Å². The zero-order valence-corrected chi connectivity index (χ0v) is 10.6. The van der Waals surface area contributed by atoms with Gasteiger partial charge in [-0.15, -0.1) is 0 Å². The van der Waals surface area contributed by atoms with Crippen LogP contribution in [0.1, 0.15) is 53.4 Å². The number of nitrogens with one attached hydrogen (secondary N) is 1. The lowest BCUT2D eigenvalue weighted by Gasteiger charge is -2.30. The SMILES string of the molecule is C=C(NC(C)C(C)(C)C)OC1CCCC1. The minimum atomic E-state index is 0.238. The van der Waals surface area contributed by atoms with Crippen molar-refractivity contribution < 1.29 is 4.74 Å². The molecule has 1 unspecified atom stereocenters. The van der Waals surface area contributed by atoms with Gasteiger partial charge in [-0.2, -0.15) is 0 Å². The Morgan fingerprint density at radius 1 is 1.33 bits per heavy atom. The Kier molecular flexibility index (Phi) is 4.06. The largest absolute Gasteiger partial charge is 0.476 e. The van der Waals surface area contributed by atoms with Gasteiger partial charge in [-0.1, -0.05) is 20.8 Å². The maximum Gasteiger partial charge on any atom is 0.179 e. The second-order valence-corrected chi connectivity index (χ2v) is 5.68. The highest BCUT2D eigenvalue weighted by Gasteiger charge is 2.22. The van der Waals surface area contributed by atoms with Crippen LogP contribution in [0.5, 0.6) is 0 Å². The van der Waals surface area contributed by atoms with Gasteiger partial charge in [0.05, 0.1) is 0 Å². The van der Waals surface area contributed by atoms with Crippen molar-refractivity contribution in [3.05, 3.63) is 12.5 Å². The molecule has 1 aliphatic carbocycles. The molecule has 1 N–H and O–H groups in total. The summed E-state index contributed by atoms with van der Waals surface area (Å²) in [6, 6.07) is 0.381. The van der Waals surface area contributed by atoms with E-state index < -0.39 is 0 Å². The molecule has 1 atom stereocenters. The van der Waals surface area contributed by atoms with Gasteiger partial charge in [0.25, 0.3) is 0 Å². The van der Waals surface area contributed by atoms with Crippen LogP contribution >= 0.6 is 0 Å². The van der Waals surface area contributed by atoms with Crippen LogP contribution in [0.3, 0.4) is 0 Å². The molecule has 0 saturated heterocycles. The zero-order valence-electron chi connectivity index (χ0n) is 10.6. The summed E-state index contributed by atoms with van der Waals surface area (Å²) in [5, 5.41) is 3.33. The molecule has 2 heteroatoms. The molecule has 1 rings (SSSR count). The molecule has 88 valence electrons. The number of hydrogen-bond donors (Lipinski definition) is 1. The van der Waals surface area contributed by atoms with Crippen molar-refractivity contribution in [2.45, 2.75) is 65.5 Å². The maximum atomic E-state index is 5.77. The second-order valence-electron chi connectivity index (χ2n) is 5.68. The summed E-state index contributed by atoms with van der Waals surface area (Å²) >= 11 is 0. The standard InChI is InChI=1S/C13H25NO/c1-10(13(3,4)5)14-11(2)15-12-8-6-7-9-12/h10,12,14H,2,6-9H2,1,3-5H3. The lowest BCUT2D eigenvalue weighted by Crippen LogP contribution is -2.38. The Bertz CT molecular complexity index is 211. The van der Waals surface area contributed by atoms with Crippen molar-refractivity contribution in [2.75, 3.05) is 0 Å². The summed E-state index contributed by atoms with van der Waals surface area (Å²) in [4.78, 5) is 0. The molecule has 0 aromatic carbocycles. The van der Waals surface area contributed by atoms with Crippen LogP contribution in [0.2, 0.25) is 0 Å². The molecule has 0 radical (unpaired) electrons. The van der Waals surface area contributed by atoms with Crippen molar-refractivity contribution in [1.29, 1.82) is 0 Å². The summed E-state index contributed by atoms with van der Waals surface area (Å²) in [6.07, 6.45) is 5.37. The van der Waals surface area contributed by atoms with Crippen molar-refractivity contribution in [1.82, 2.24) is 5.32 Å². The van der Waals surface area contributed by atoms with E-state index in [4.69, 9.17) is 4.74 Å². The first-order valence-corrected chi connectivity index (χ1v) is 6.01. The fourth-order valence-corrected chi connectivity index (χ4v) is 1.70. The molecule has 0 aromatic heterocycles. The first-order valence-electron chi connectivity index (χ1n) is 6.01. The van der Waals surface area contributed by atoms with Gasteiger partial charge in [-0.3, -0.25) is 0 Å². The quantitative estimate of drug-likeness (QED) is 0.719. The van der Waals surface area contributed by atoms with Gasteiger partial charge < -0.3 is 10.1 Å². The molecule has 1 saturated carbocycles. The Morgan fingerprint density at radius 3 is 2.33 bits per heavy atom. The Hall–Kier alpha value is -0.660. The van der Waals surface area contributed by atoms with Crippen LogP contribution in [-0.4, -0.2) is 12.1 Å². The molecular formula is C13H25NO. The van der Waals surface area contributed by atoms with Crippen LogP contribution in [-0.2, 0) is 4.74 Å². The van der Waals surface area contributed by atoms with Gasteiger partial charge in [0, 0.05) is 6.04 Å². The first kappa shape index (κ1) is 12.4. The van der Waals surface area contributed by atoms with Crippen molar-refractivity contribution >= 4 is 0 Å². The van der Waals surface area contributed by atoms with E-state index in [9.17, 15) is 0 Å². The maximum absolute atomic E-state index is 5.77. The summed E-state index contributed by atoms with van der Waals surface area (Å²) in [7, 11) is 0. The van der Waals surface area contributed by atoms with Gasteiger partial charge in [0.2, 0.25) is 0 Å². The molecule has 0 amide bonds. The molecule has 0 aliphatic heterocycles. The zero-order chi connectivity index (χ0) is 11.5. The topological polar surface area (TPSA) is 21.3 Å². The fraction of sp³-hybridized carbons (Fsp3) is 0.846. The third-order valence-corrected chi connectivity index (χ3v) is 3.29. The minimum Gasteiger partial charge on any atom is -0.476 e. The molecule has 1 fully saturated rings. The number of hydrogen-bond acceptors (Lipinski definition) is 2. The third-order valence-electron chi connectivity index (χ3n) is 3.29. The van der Waals surface area contributed by atoms with Crippen LogP contribution < -0.4 is 5.32 Å². The Morgan fingerprint density at radius 2 is 1.87 bits per heavy atom. The van der Waals surface area contributed by atoms with Crippen LogP contribution in [0.4, 0.5) is 0 Å². The lowest BCUT2D eigenvalue weighted by molar-refractivity contribution is 0.0959. The van der Waals surface area contributed by atoms with Gasteiger partial charge in [-0.25, -0.2) is 0 Å². The summed E-state index contributed by atoms with van der Waals surface area (Å²) in [6.45, 7) is 12.8. The number of rotatable bonds is 4. The Labute approximate surface area is 94.1 Å². The predicted octanol–water partition coefficient (Wildman–Crippen LogP) is 3.44. The van der Waals surface area contributed by atoms with E-state index in [-0.39, 0.29) is 5.41 Å². The van der Waals surface area contributed by atoms with Crippen LogP contribution in [0.25, 0.3) is 0 Å². The first-order chi connectivity index (χ1) is 6.89. The van der Waals surface area contributed by atoms with E-state index in [0.29, 0.717) is 12.1 Å². The molecule has 0 spiro atoms. The summed E-state index contributed by atoms with van der Waals surface area (Å²) in [5.41, 5.74) is 0.238. The molecule has 15 heavy (non-hydrogen) atoms. The van der Waals surface area contributed by atoms with E-state index in [2.05, 4.69) is 39.6 Å². The van der Waals surface area contributed by atoms with Crippen molar-refractivity contribution in [3.8, 4) is 0 Å². The van der Waals surface area contributed by atoms with Gasteiger partial charge in [0.1, 0.15) is 6.10 Å². The van der Waals surface area contributed by atoms with Gasteiger partial charge in [-0.05, 0) is 44.6 Å². The molecule has 1 aliphatic rings. The van der Waals surface area contributed by atoms with Crippen LogP contribution in [0, 0.1) is 5.41 Å². The van der Waals surface area contributed by atoms with E-state index in [1.165, 1.54) is 25.7 Å². The third kappa shape index (κ3) is 4.15. The normalized spacial score (nSPS) is 20.0. The molecule has 2 nitrogen and oxygen atoms in total. The second kappa shape index (κ2) is 4.91. The van der Waals surface area contributed by atoms with E-state index in [1.54, 1.807) is 0 Å². The average Bonchev–Trinajstić information content (AvgIpc) is 2.54. The van der Waals surface area contributed by atoms with Crippen LogP contribution in [0.15, 0.2) is 12.5 Å². The lowest BCUT2D eigenvalue weighted by atomic mass is 9.88. The minimum absolute atomic E-state index is 0.238. The van der Waals surface area contributed by atoms with Gasteiger partial charge >= 0.3 is 0 Å². The fourth-order valence-electron chi connectivity index (χ4n) is 1.70. The highest BCUT2D eigenvalue weighted by Crippen LogP contribution is 2.24. The molecule has 0 heterocycles.